The van der Waals surface area contributed by atoms with Crippen molar-refractivity contribution >= 4 is 33.4 Å². The molecule has 0 aliphatic carbocycles. The van der Waals surface area contributed by atoms with E-state index in [1.807, 2.05) is 19.1 Å². The van der Waals surface area contributed by atoms with Gasteiger partial charge >= 0.3 is 0 Å². The highest BCUT2D eigenvalue weighted by molar-refractivity contribution is 9.10. The molecule has 1 amide bonds. The zero-order chi connectivity index (χ0) is 13.9. The van der Waals surface area contributed by atoms with Crippen molar-refractivity contribution in [3.63, 3.8) is 0 Å². The van der Waals surface area contributed by atoms with Crippen LogP contribution in [0.5, 0.6) is 0 Å². The summed E-state index contributed by atoms with van der Waals surface area (Å²) in [5, 5.41) is 14.3. The molecule has 1 rings (SSSR count). The summed E-state index contributed by atoms with van der Waals surface area (Å²) < 4.78 is 0.814. The van der Waals surface area contributed by atoms with Gasteiger partial charge in [0, 0.05) is 4.47 Å². The van der Waals surface area contributed by atoms with E-state index in [4.69, 9.17) is 10.9 Å². The molecule has 0 aromatic heterocycles. The maximum absolute atomic E-state index is 12.1. The van der Waals surface area contributed by atoms with E-state index in [0.29, 0.717) is 5.69 Å². The number of anilines is 1. The predicted octanol–water partition coefficient (Wildman–Crippen LogP) is 2.47. The van der Waals surface area contributed by atoms with Crippen molar-refractivity contribution in [1.82, 2.24) is 0 Å². The van der Waals surface area contributed by atoms with Crippen molar-refractivity contribution in [2.75, 3.05) is 5.32 Å². The first kappa shape index (κ1) is 14.5. The Kier molecular flexibility index (Phi) is 4.34. The summed E-state index contributed by atoms with van der Waals surface area (Å²) >= 11 is 3.40. The molecule has 6 heteroatoms. The molecule has 98 valence electrons. The number of amides is 1. The molecule has 0 heterocycles. The van der Waals surface area contributed by atoms with Crippen LogP contribution in [0.4, 0.5) is 5.69 Å². The molecule has 5 nitrogen and oxygen atoms in total. The Bertz CT molecular complexity index is 498. The van der Waals surface area contributed by atoms with Crippen LogP contribution in [0.2, 0.25) is 0 Å². The zero-order valence-corrected chi connectivity index (χ0v) is 12.1. The molecule has 0 bridgehead atoms. The molecule has 0 aliphatic heterocycles. The number of aryl methyl sites for hydroxylation is 1. The van der Waals surface area contributed by atoms with E-state index in [0.717, 1.165) is 10.0 Å². The lowest BCUT2D eigenvalue weighted by Crippen LogP contribution is -2.42. The topological polar surface area (TPSA) is 87.7 Å². The van der Waals surface area contributed by atoms with E-state index in [-0.39, 0.29) is 11.7 Å². The van der Waals surface area contributed by atoms with E-state index >= 15 is 0 Å². The number of carbonyl (C=O) groups excluding carboxylic acids is 1. The molecule has 0 unspecified atom stereocenters. The molecule has 1 aromatic rings. The highest BCUT2D eigenvalue weighted by Crippen LogP contribution is 2.27. The van der Waals surface area contributed by atoms with Gasteiger partial charge in [0.05, 0.1) is 5.69 Å². The van der Waals surface area contributed by atoms with E-state index in [1.165, 1.54) is 0 Å². The number of hydrogen-bond donors (Lipinski definition) is 3. The normalized spacial score (nSPS) is 12.3. The lowest BCUT2D eigenvalue weighted by Gasteiger charge is -2.22. The third kappa shape index (κ3) is 2.81. The van der Waals surface area contributed by atoms with E-state index in [2.05, 4.69) is 26.4 Å². The van der Waals surface area contributed by atoms with E-state index in [9.17, 15) is 4.79 Å². The molecule has 0 radical (unpaired) electrons. The number of amidine groups is 1. The van der Waals surface area contributed by atoms with Crippen LogP contribution >= 0.6 is 15.9 Å². The SMILES string of the molecule is Cc1cccc(NC(=O)C(C)(C)/C(N)=N/O)c1Br. The summed E-state index contributed by atoms with van der Waals surface area (Å²) in [5.74, 6) is -0.479. The minimum absolute atomic E-state index is 0.135. The quantitative estimate of drug-likeness (QED) is 0.347. The first-order chi connectivity index (χ1) is 8.30. The molecule has 0 saturated carbocycles. The third-order valence-corrected chi connectivity index (χ3v) is 3.81. The van der Waals surface area contributed by atoms with Crippen LogP contribution in [0.1, 0.15) is 19.4 Å². The van der Waals surface area contributed by atoms with E-state index in [1.54, 1.807) is 19.9 Å². The van der Waals surface area contributed by atoms with Gasteiger partial charge in [-0.3, -0.25) is 4.79 Å². The highest BCUT2D eigenvalue weighted by atomic mass is 79.9. The average Bonchev–Trinajstić information content (AvgIpc) is 2.33. The number of oxime groups is 1. The Balaban J connectivity index is 2.99. The van der Waals surface area contributed by atoms with Crippen molar-refractivity contribution in [3.8, 4) is 0 Å². The Hall–Kier alpha value is -1.56. The first-order valence-electron chi connectivity index (χ1n) is 5.35. The average molecular weight is 314 g/mol. The van der Waals surface area contributed by atoms with Crippen molar-refractivity contribution in [1.29, 1.82) is 0 Å². The second-order valence-corrected chi connectivity index (χ2v) is 5.29. The number of rotatable bonds is 3. The van der Waals surface area contributed by atoms with E-state index < -0.39 is 5.41 Å². The molecule has 4 N–H and O–H groups in total. The molecule has 1 aromatic carbocycles. The molecule has 0 fully saturated rings. The van der Waals surface area contributed by atoms with Crippen LogP contribution < -0.4 is 11.1 Å². The Morgan fingerprint density at radius 1 is 1.50 bits per heavy atom. The van der Waals surface area contributed by atoms with Crippen LogP contribution in [0.15, 0.2) is 27.8 Å². The number of halogens is 1. The van der Waals surface area contributed by atoms with Crippen LogP contribution in [0.3, 0.4) is 0 Å². The van der Waals surface area contributed by atoms with Gasteiger partial charge in [0.25, 0.3) is 0 Å². The van der Waals surface area contributed by atoms with Gasteiger partial charge < -0.3 is 16.3 Å². The minimum atomic E-state index is -1.09. The van der Waals surface area contributed by atoms with Gasteiger partial charge in [0.1, 0.15) is 5.41 Å². The molecule has 0 aliphatic rings. The van der Waals surface area contributed by atoms with Crippen molar-refractivity contribution in [2.24, 2.45) is 16.3 Å². The van der Waals surface area contributed by atoms with Gasteiger partial charge in [-0.2, -0.15) is 0 Å². The van der Waals surface area contributed by atoms with Crippen molar-refractivity contribution in [2.45, 2.75) is 20.8 Å². The molecule has 0 spiro atoms. The zero-order valence-electron chi connectivity index (χ0n) is 10.5. The monoisotopic (exact) mass is 313 g/mol. The second kappa shape index (κ2) is 5.39. The summed E-state index contributed by atoms with van der Waals surface area (Å²) in [4.78, 5) is 12.1. The smallest absolute Gasteiger partial charge is 0.237 e. The number of benzene rings is 1. The van der Waals surface area contributed by atoms with Crippen molar-refractivity contribution < 1.29 is 10.0 Å². The lowest BCUT2D eigenvalue weighted by atomic mass is 9.91. The van der Waals surface area contributed by atoms with Crippen LogP contribution in [-0.2, 0) is 4.79 Å². The molecule has 18 heavy (non-hydrogen) atoms. The van der Waals surface area contributed by atoms with Gasteiger partial charge in [-0.05, 0) is 48.3 Å². The fraction of sp³-hybridized carbons (Fsp3) is 0.333. The number of hydrogen-bond acceptors (Lipinski definition) is 3. The van der Waals surface area contributed by atoms with Gasteiger partial charge in [-0.15, -0.1) is 0 Å². The molecule has 0 saturated heterocycles. The second-order valence-electron chi connectivity index (χ2n) is 4.50. The number of nitrogens with two attached hydrogens (primary N) is 1. The van der Waals surface area contributed by atoms with Gasteiger partial charge in [0.2, 0.25) is 5.91 Å². The Labute approximate surface area is 114 Å². The molecular formula is C12H16BrN3O2. The van der Waals surface area contributed by atoms with Crippen LogP contribution in [-0.4, -0.2) is 17.0 Å². The summed E-state index contributed by atoms with van der Waals surface area (Å²) in [5.41, 5.74) is 6.08. The van der Waals surface area contributed by atoms with Crippen molar-refractivity contribution in [3.05, 3.63) is 28.2 Å². The largest absolute Gasteiger partial charge is 0.409 e. The first-order valence-corrected chi connectivity index (χ1v) is 6.14. The summed E-state index contributed by atoms with van der Waals surface area (Å²) in [7, 11) is 0. The number of nitrogens with zero attached hydrogens (tertiary/aromatic N) is 1. The van der Waals surface area contributed by atoms with Crippen LogP contribution in [0.25, 0.3) is 0 Å². The van der Waals surface area contributed by atoms with Gasteiger partial charge in [0.15, 0.2) is 5.84 Å². The summed E-state index contributed by atoms with van der Waals surface area (Å²) in [6.45, 7) is 5.09. The standard InChI is InChI=1S/C12H16BrN3O2/c1-7-5-4-6-8(9(7)13)15-11(17)12(2,3)10(14)16-18/h4-6,18H,1-3H3,(H2,14,16)(H,15,17). The molecule has 0 atom stereocenters. The highest BCUT2D eigenvalue weighted by Gasteiger charge is 2.33. The fourth-order valence-electron chi connectivity index (χ4n) is 1.26. The van der Waals surface area contributed by atoms with Gasteiger partial charge in [-0.1, -0.05) is 17.3 Å². The Morgan fingerprint density at radius 2 is 2.11 bits per heavy atom. The van der Waals surface area contributed by atoms with Gasteiger partial charge in [-0.25, -0.2) is 0 Å². The molecular weight excluding hydrogens is 298 g/mol. The predicted molar refractivity (Wildman–Crippen MR) is 74.7 cm³/mol. The van der Waals surface area contributed by atoms with Crippen LogP contribution in [0, 0.1) is 12.3 Å². The maximum atomic E-state index is 12.1. The maximum Gasteiger partial charge on any atom is 0.237 e. The lowest BCUT2D eigenvalue weighted by molar-refractivity contribution is -0.121. The third-order valence-electron chi connectivity index (χ3n) is 2.76. The summed E-state index contributed by atoms with van der Waals surface area (Å²) in [6.07, 6.45) is 0. The summed E-state index contributed by atoms with van der Waals surface area (Å²) in [6, 6.07) is 5.54. The fourth-order valence-corrected chi connectivity index (χ4v) is 1.63. The number of carbonyl (C=O) groups is 1. The minimum Gasteiger partial charge on any atom is -0.409 e. The number of nitrogens with one attached hydrogen (secondary N) is 1. The Morgan fingerprint density at radius 3 is 2.67 bits per heavy atom.